The molecule has 1 aliphatic rings. The lowest BCUT2D eigenvalue weighted by Gasteiger charge is -2.22. The summed E-state index contributed by atoms with van der Waals surface area (Å²) in [6, 6.07) is 73.9. The Morgan fingerprint density at radius 1 is 0.355 bits per heavy atom. The number of aryl methyl sites for hydroxylation is 1. The minimum absolute atomic E-state index is 0.133. The molecule has 294 valence electrons. The van der Waals surface area contributed by atoms with Crippen LogP contribution in [0.25, 0.3) is 101 Å². The number of benzene rings is 9. The minimum atomic E-state index is -0.133. The van der Waals surface area contributed by atoms with Crippen molar-refractivity contribution in [3.8, 4) is 44.8 Å². The highest BCUT2D eigenvalue weighted by Crippen LogP contribution is 2.50. The number of nitrogens with zero attached hydrogens (tertiary/aromatic N) is 2. The van der Waals surface area contributed by atoms with E-state index in [2.05, 4.69) is 242 Å². The van der Waals surface area contributed by atoms with Gasteiger partial charge in [-0.1, -0.05) is 165 Å². The summed E-state index contributed by atoms with van der Waals surface area (Å²) < 4.78 is 4.76. The van der Waals surface area contributed by atoms with Gasteiger partial charge in [0.1, 0.15) is 0 Å². The molecule has 0 amide bonds. The highest BCUT2D eigenvalue weighted by Gasteiger charge is 2.35. The average molecular weight is 793 g/mol. The van der Waals surface area contributed by atoms with Gasteiger partial charge >= 0.3 is 0 Å². The fraction of sp³-hybridized carbons (Fsp3) is 0.0667. The van der Waals surface area contributed by atoms with Gasteiger partial charge < -0.3 is 9.13 Å². The second kappa shape index (κ2) is 13.9. The first-order valence-corrected chi connectivity index (χ1v) is 21.7. The predicted octanol–water partition coefficient (Wildman–Crippen LogP) is 16.0. The largest absolute Gasteiger partial charge is 0.309 e. The molecule has 2 heteroatoms. The van der Waals surface area contributed by atoms with Gasteiger partial charge in [-0.2, -0.15) is 0 Å². The van der Waals surface area contributed by atoms with E-state index in [4.69, 9.17) is 0 Å². The third-order valence-corrected chi connectivity index (χ3v) is 13.4. The molecule has 0 bridgehead atoms. The van der Waals surface area contributed by atoms with Crippen LogP contribution in [0.2, 0.25) is 0 Å². The van der Waals surface area contributed by atoms with Crippen molar-refractivity contribution < 1.29 is 0 Å². The molecule has 9 aromatic carbocycles. The maximum Gasteiger partial charge on any atom is 0.0541 e. The van der Waals surface area contributed by atoms with Crippen LogP contribution in [0.4, 0.5) is 0 Å². The van der Waals surface area contributed by atoms with Crippen LogP contribution in [0.1, 0.15) is 41.7 Å². The van der Waals surface area contributed by atoms with E-state index < -0.39 is 0 Å². The molecule has 0 fully saturated rings. The van der Waals surface area contributed by atoms with Gasteiger partial charge in [-0.25, -0.2) is 0 Å². The van der Waals surface area contributed by atoms with Gasteiger partial charge in [0.05, 0.1) is 22.1 Å². The van der Waals surface area contributed by atoms with Crippen molar-refractivity contribution in [2.75, 3.05) is 0 Å². The lowest BCUT2D eigenvalue weighted by atomic mass is 9.81. The molecule has 0 saturated carbocycles. The number of rotatable bonds is 6. The summed E-state index contributed by atoms with van der Waals surface area (Å²) in [4.78, 5) is 0. The topological polar surface area (TPSA) is 9.86 Å². The molecule has 2 heterocycles. The smallest absolute Gasteiger partial charge is 0.0541 e. The SMILES string of the molecule is Cc1ccc(-n2c3ccccc3c3cc(-c4ccc5c(c4)C(C)(C)c4cc(/C=C/c6ccc(-c7ccc8c(c7)c7ccccc7n8-c7ccccc7)cc6)ccc4-5)ccc32)cc1. The Balaban J connectivity index is 0.821. The summed E-state index contributed by atoms with van der Waals surface area (Å²) in [5, 5.41) is 5.09. The third kappa shape index (κ3) is 5.71. The standard InChI is InChI=1S/C60H44N2/c1-39-17-29-47(30-18-39)62-57-16-10-8-14-51(57)53-37-44(28-34-59(53)62)45-26-32-49-48-31-23-41(35-54(48)60(2,3)55(49)38-45)20-19-40-21-24-42(25-22-40)43-27-33-58-52(36-43)50-13-7-9-15-56(50)61(58)46-11-5-4-6-12-46/h4-38H,1-3H3/b20-19+. The third-order valence-electron chi connectivity index (χ3n) is 13.4. The molecule has 62 heavy (non-hydrogen) atoms. The predicted molar refractivity (Wildman–Crippen MR) is 264 cm³/mol. The minimum Gasteiger partial charge on any atom is -0.309 e. The molecular weight excluding hydrogens is 749 g/mol. The van der Waals surface area contributed by atoms with Crippen molar-refractivity contribution in [1.82, 2.24) is 9.13 Å². The van der Waals surface area contributed by atoms with E-state index >= 15 is 0 Å². The second-order valence-electron chi connectivity index (χ2n) is 17.5. The van der Waals surface area contributed by atoms with Crippen LogP contribution in [0, 0.1) is 6.92 Å². The van der Waals surface area contributed by atoms with Crippen molar-refractivity contribution in [2.24, 2.45) is 0 Å². The van der Waals surface area contributed by atoms with Gasteiger partial charge in [0.15, 0.2) is 0 Å². The molecule has 0 N–H and O–H groups in total. The molecule has 1 aliphatic carbocycles. The molecule has 0 atom stereocenters. The molecule has 2 nitrogen and oxygen atoms in total. The Hall–Kier alpha value is -7.68. The Labute approximate surface area is 362 Å². The van der Waals surface area contributed by atoms with E-state index in [1.165, 1.54) is 116 Å². The van der Waals surface area contributed by atoms with Gasteiger partial charge in [-0.3, -0.25) is 0 Å². The molecule has 2 aromatic heterocycles. The zero-order chi connectivity index (χ0) is 41.5. The van der Waals surface area contributed by atoms with Crippen LogP contribution in [-0.2, 0) is 5.41 Å². The molecule has 0 radical (unpaired) electrons. The van der Waals surface area contributed by atoms with Crippen molar-refractivity contribution in [2.45, 2.75) is 26.2 Å². The Bertz CT molecular complexity index is 3580. The monoisotopic (exact) mass is 792 g/mol. The van der Waals surface area contributed by atoms with E-state index in [1.807, 2.05) is 0 Å². The fourth-order valence-electron chi connectivity index (χ4n) is 10.1. The first-order valence-electron chi connectivity index (χ1n) is 21.7. The van der Waals surface area contributed by atoms with Gasteiger partial charge in [-0.15, -0.1) is 0 Å². The molecular formula is C60H44N2. The quantitative estimate of drug-likeness (QED) is 0.148. The Morgan fingerprint density at radius 3 is 1.45 bits per heavy atom. The first-order chi connectivity index (χ1) is 30.4. The molecule has 0 unspecified atom stereocenters. The summed E-state index contributed by atoms with van der Waals surface area (Å²) in [5.41, 5.74) is 21.1. The Morgan fingerprint density at radius 2 is 0.806 bits per heavy atom. The summed E-state index contributed by atoms with van der Waals surface area (Å²) >= 11 is 0. The highest BCUT2D eigenvalue weighted by molar-refractivity contribution is 6.11. The van der Waals surface area contributed by atoms with E-state index in [0.717, 1.165) is 0 Å². The lowest BCUT2D eigenvalue weighted by molar-refractivity contribution is 0.660. The van der Waals surface area contributed by atoms with Gasteiger partial charge in [-0.05, 0) is 129 Å². The summed E-state index contributed by atoms with van der Waals surface area (Å²) in [6.07, 6.45) is 4.49. The maximum absolute atomic E-state index is 2.44. The van der Waals surface area contributed by atoms with Crippen LogP contribution in [0.5, 0.6) is 0 Å². The molecule has 0 spiro atoms. The average Bonchev–Trinajstić information content (AvgIpc) is 3.91. The van der Waals surface area contributed by atoms with Crippen molar-refractivity contribution in [1.29, 1.82) is 0 Å². The number of hydrogen-bond acceptors (Lipinski definition) is 0. The van der Waals surface area contributed by atoms with E-state index in [9.17, 15) is 0 Å². The van der Waals surface area contributed by atoms with Crippen molar-refractivity contribution in [3.63, 3.8) is 0 Å². The summed E-state index contributed by atoms with van der Waals surface area (Å²) in [6.45, 7) is 6.90. The van der Waals surface area contributed by atoms with Crippen molar-refractivity contribution in [3.05, 3.63) is 228 Å². The molecule has 11 aromatic rings. The zero-order valence-corrected chi connectivity index (χ0v) is 35.1. The first kappa shape index (κ1) is 36.2. The van der Waals surface area contributed by atoms with E-state index in [-0.39, 0.29) is 5.41 Å². The lowest BCUT2D eigenvalue weighted by Crippen LogP contribution is -2.15. The van der Waals surface area contributed by atoms with E-state index in [1.54, 1.807) is 0 Å². The van der Waals surface area contributed by atoms with Gasteiger partial charge in [0.25, 0.3) is 0 Å². The molecule has 12 rings (SSSR count). The van der Waals surface area contributed by atoms with Crippen LogP contribution >= 0.6 is 0 Å². The summed E-state index contributed by atoms with van der Waals surface area (Å²) in [7, 11) is 0. The van der Waals surface area contributed by atoms with Crippen LogP contribution < -0.4 is 0 Å². The maximum atomic E-state index is 2.44. The zero-order valence-electron chi connectivity index (χ0n) is 35.1. The highest BCUT2D eigenvalue weighted by atomic mass is 15.0. The second-order valence-corrected chi connectivity index (χ2v) is 17.5. The van der Waals surface area contributed by atoms with E-state index in [0.29, 0.717) is 0 Å². The fourth-order valence-corrected chi connectivity index (χ4v) is 10.1. The van der Waals surface area contributed by atoms with Crippen LogP contribution in [0.3, 0.4) is 0 Å². The van der Waals surface area contributed by atoms with Gasteiger partial charge in [0, 0.05) is 38.3 Å². The van der Waals surface area contributed by atoms with Crippen LogP contribution in [0.15, 0.2) is 200 Å². The number of aromatic nitrogens is 2. The summed E-state index contributed by atoms with van der Waals surface area (Å²) in [5.74, 6) is 0. The normalized spacial score (nSPS) is 13.1. The molecule has 0 aliphatic heterocycles. The molecule has 0 saturated heterocycles. The number of para-hydroxylation sites is 3. The van der Waals surface area contributed by atoms with Crippen LogP contribution in [-0.4, -0.2) is 9.13 Å². The number of hydrogen-bond donors (Lipinski definition) is 0. The van der Waals surface area contributed by atoms with Crippen molar-refractivity contribution >= 4 is 55.8 Å². The van der Waals surface area contributed by atoms with Gasteiger partial charge in [0.2, 0.25) is 0 Å². The Kier molecular flexibility index (Phi) is 8.14. The number of fused-ring (bicyclic) bond motifs is 9.